The number of nitrogens with two attached hydrogens (primary N) is 1. The van der Waals surface area contributed by atoms with Crippen LogP contribution in [0.5, 0.6) is 0 Å². The Kier molecular flexibility index (Phi) is 6.18. The molecule has 1 amide bonds. The molecule has 5 heteroatoms. The van der Waals surface area contributed by atoms with E-state index in [4.69, 9.17) is 5.73 Å². The molecule has 0 fully saturated rings. The van der Waals surface area contributed by atoms with Gasteiger partial charge in [-0.1, -0.05) is 50.6 Å². The van der Waals surface area contributed by atoms with Crippen LogP contribution in [0.1, 0.15) is 31.7 Å². The van der Waals surface area contributed by atoms with Gasteiger partial charge >= 0.3 is 5.97 Å². The molecule has 0 heterocycles. The minimum Gasteiger partial charge on any atom is -0.481 e. The van der Waals surface area contributed by atoms with E-state index in [0.717, 1.165) is 6.42 Å². The Hall–Kier alpha value is -1.88. The smallest absolute Gasteiger partial charge is 0.312 e. The maximum atomic E-state index is 11.9. The normalized spacial score (nSPS) is 15.2. The van der Waals surface area contributed by atoms with Gasteiger partial charge in [-0.15, -0.1) is 0 Å². The van der Waals surface area contributed by atoms with Gasteiger partial charge in [0.2, 0.25) is 5.91 Å². The van der Waals surface area contributed by atoms with Crippen LogP contribution < -0.4 is 11.1 Å². The molecule has 1 aromatic carbocycles. The quantitative estimate of drug-likeness (QED) is 0.702. The van der Waals surface area contributed by atoms with Crippen LogP contribution in [-0.2, 0) is 9.59 Å². The first-order chi connectivity index (χ1) is 9.47. The number of hydrogen-bond donors (Lipinski definition) is 3. The van der Waals surface area contributed by atoms with E-state index in [9.17, 15) is 14.7 Å². The van der Waals surface area contributed by atoms with Crippen molar-refractivity contribution in [1.82, 2.24) is 5.32 Å². The number of aliphatic carboxylic acids is 1. The Morgan fingerprint density at radius 2 is 1.90 bits per heavy atom. The van der Waals surface area contributed by atoms with Gasteiger partial charge in [-0.2, -0.15) is 0 Å². The molecular formula is C15H22N2O3. The highest BCUT2D eigenvalue weighted by Crippen LogP contribution is 2.15. The highest BCUT2D eigenvalue weighted by Gasteiger charge is 2.23. The third kappa shape index (κ3) is 4.35. The first-order valence-electron chi connectivity index (χ1n) is 6.78. The fourth-order valence-electron chi connectivity index (χ4n) is 1.87. The van der Waals surface area contributed by atoms with Gasteiger partial charge in [0.05, 0.1) is 12.0 Å². The molecule has 0 radical (unpaired) electrons. The minimum atomic E-state index is -0.964. The predicted molar refractivity (Wildman–Crippen MR) is 77.3 cm³/mol. The Morgan fingerprint density at radius 1 is 1.30 bits per heavy atom. The van der Waals surface area contributed by atoms with Gasteiger partial charge in [-0.05, 0) is 11.5 Å². The molecule has 1 rings (SSSR count). The average Bonchev–Trinajstić information content (AvgIpc) is 2.46. The Balaban J connectivity index is 2.65. The Bertz CT molecular complexity index is 448. The molecule has 1 unspecified atom stereocenters. The second kappa shape index (κ2) is 7.65. The van der Waals surface area contributed by atoms with Crippen LogP contribution in [0, 0.1) is 5.92 Å². The van der Waals surface area contributed by atoms with E-state index in [1.165, 1.54) is 0 Å². The fraction of sp³-hybridized carbons (Fsp3) is 0.467. The molecule has 20 heavy (non-hydrogen) atoms. The summed E-state index contributed by atoms with van der Waals surface area (Å²) in [5.41, 5.74) is 6.48. The maximum absolute atomic E-state index is 11.9. The van der Waals surface area contributed by atoms with Crippen molar-refractivity contribution in [3.8, 4) is 0 Å². The molecule has 5 nitrogen and oxygen atoms in total. The molecule has 0 spiro atoms. The average molecular weight is 278 g/mol. The third-order valence-electron chi connectivity index (χ3n) is 3.54. The van der Waals surface area contributed by atoms with Crippen LogP contribution >= 0.6 is 0 Å². The molecule has 0 saturated carbocycles. The maximum Gasteiger partial charge on any atom is 0.312 e. The highest BCUT2D eigenvalue weighted by atomic mass is 16.4. The summed E-state index contributed by atoms with van der Waals surface area (Å²) in [6.45, 7) is 3.90. The second-order valence-corrected chi connectivity index (χ2v) is 4.96. The van der Waals surface area contributed by atoms with Crippen molar-refractivity contribution in [2.45, 2.75) is 32.2 Å². The number of rotatable bonds is 7. The number of hydrogen-bond acceptors (Lipinski definition) is 3. The van der Waals surface area contributed by atoms with Crippen LogP contribution in [0.2, 0.25) is 0 Å². The lowest BCUT2D eigenvalue weighted by atomic mass is 9.97. The molecule has 110 valence electrons. The monoisotopic (exact) mass is 278 g/mol. The second-order valence-electron chi connectivity index (χ2n) is 4.96. The summed E-state index contributed by atoms with van der Waals surface area (Å²) in [6.07, 6.45) is 0.801. The molecular weight excluding hydrogens is 256 g/mol. The molecule has 3 atom stereocenters. The van der Waals surface area contributed by atoms with Crippen LogP contribution in [-0.4, -0.2) is 29.6 Å². The van der Waals surface area contributed by atoms with E-state index in [2.05, 4.69) is 5.32 Å². The van der Waals surface area contributed by atoms with Crippen LogP contribution in [0.15, 0.2) is 30.3 Å². The first-order valence-corrected chi connectivity index (χ1v) is 6.78. The van der Waals surface area contributed by atoms with Gasteiger partial charge in [-0.3, -0.25) is 9.59 Å². The topological polar surface area (TPSA) is 92.4 Å². The van der Waals surface area contributed by atoms with Gasteiger partial charge < -0.3 is 16.2 Å². The van der Waals surface area contributed by atoms with Crippen molar-refractivity contribution >= 4 is 11.9 Å². The van der Waals surface area contributed by atoms with E-state index < -0.39 is 17.9 Å². The summed E-state index contributed by atoms with van der Waals surface area (Å²) in [5.74, 6) is -1.96. The molecule has 4 N–H and O–H groups in total. The first kappa shape index (κ1) is 16.2. The van der Waals surface area contributed by atoms with Crippen molar-refractivity contribution in [2.24, 2.45) is 11.7 Å². The van der Waals surface area contributed by atoms with Crippen molar-refractivity contribution in [3.05, 3.63) is 35.9 Å². The lowest BCUT2D eigenvalue weighted by molar-refractivity contribution is -0.138. The number of amides is 1. The summed E-state index contributed by atoms with van der Waals surface area (Å²) in [7, 11) is 0. The molecule has 0 aliphatic rings. The van der Waals surface area contributed by atoms with Crippen molar-refractivity contribution < 1.29 is 14.7 Å². The van der Waals surface area contributed by atoms with Crippen LogP contribution in [0.3, 0.4) is 0 Å². The minimum absolute atomic E-state index is 0.0440. The van der Waals surface area contributed by atoms with E-state index in [1.807, 2.05) is 19.9 Å². The largest absolute Gasteiger partial charge is 0.481 e. The third-order valence-corrected chi connectivity index (χ3v) is 3.54. The van der Waals surface area contributed by atoms with E-state index in [1.54, 1.807) is 24.3 Å². The van der Waals surface area contributed by atoms with Gasteiger partial charge in [0, 0.05) is 6.54 Å². The summed E-state index contributed by atoms with van der Waals surface area (Å²) in [6, 6.07) is 8.24. The lowest BCUT2D eigenvalue weighted by Crippen LogP contribution is -2.46. The SMILES string of the molecule is CC[C@H](C)[C@H](N)C(=O)NCC(C(=O)O)c1ccccc1. The number of benzene rings is 1. The van der Waals surface area contributed by atoms with Crippen molar-refractivity contribution in [2.75, 3.05) is 6.54 Å². The number of nitrogens with one attached hydrogen (secondary N) is 1. The van der Waals surface area contributed by atoms with Crippen LogP contribution in [0.25, 0.3) is 0 Å². The van der Waals surface area contributed by atoms with Crippen molar-refractivity contribution in [1.29, 1.82) is 0 Å². The summed E-state index contributed by atoms with van der Waals surface area (Å²) >= 11 is 0. The predicted octanol–water partition coefficient (Wildman–Crippen LogP) is 1.34. The summed E-state index contributed by atoms with van der Waals surface area (Å²) in [4.78, 5) is 23.2. The number of carboxylic acid groups (broad SMARTS) is 1. The standard InChI is InChI=1S/C15H22N2O3/c1-3-10(2)13(16)14(18)17-9-12(15(19)20)11-7-5-4-6-8-11/h4-8,10,12-13H,3,9,16H2,1-2H3,(H,17,18)(H,19,20)/t10-,12?,13-/m0/s1. The van der Waals surface area contributed by atoms with E-state index >= 15 is 0 Å². The molecule has 0 saturated heterocycles. The zero-order valence-corrected chi connectivity index (χ0v) is 11.9. The zero-order chi connectivity index (χ0) is 15.1. The fourth-order valence-corrected chi connectivity index (χ4v) is 1.87. The van der Waals surface area contributed by atoms with Gasteiger partial charge in [0.15, 0.2) is 0 Å². The van der Waals surface area contributed by atoms with Gasteiger partial charge in [0.1, 0.15) is 0 Å². The number of carbonyl (C=O) groups excluding carboxylic acids is 1. The lowest BCUT2D eigenvalue weighted by Gasteiger charge is -2.19. The van der Waals surface area contributed by atoms with Crippen LogP contribution in [0.4, 0.5) is 0 Å². The molecule has 0 aliphatic heterocycles. The zero-order valence-electron chi connectivity index (χ0n) is 11.9. The Labute approximate surface area is 119 Å². The van der Waals surface area contributed by atoms with E-state index in [-0.39, 0.29) is 18.4 Å². The number of carbonyl (C=O) groups is 2. The summed E-state index contributed by atoms with van der Waals surface area (Å²) in [5, 5.41) is 11.9. The summed E-state index contributed by atoms with van der Waals surface area (Å²) < 4.78 is 0. The molecule has 0 aromatic heterocycles. The highest BCUT2D eigenvalue weighted by molar-refractivity contribution is 5.83. The molecule has 1 aromatic rings. The molecule has 0 bridgehead atoms. The van der Waals surface area contributed by atoms with Crippen molar-refractivity contribution in [3.63, 3.8) is 0 Å². The number of carboxylic acids is 1. The van der Waals surface area contributed by atoms with Gasteiger partial charge in [0.25, 0.3) is 0 Å². The van der Waals surface area contributed by atoms with E-state index in [0.29, 0.717) is 5.56 Å². The Morgan fingerprint density at radius 3 is 2.40 bits per heavy atom. The molecule has 0 aliphatic carbocycles. The van der Waals surface area contributed by atoms with Gasteiger partial charge in [-0.25, -0.2) is 0 Å².